The molecule has 1 aliphatic heterocycles. The number of aliphatic hydroxyl groups excluding tert-OH is 5. The van der Waals surface area contributed by atoms with Gasteiger partial charge in [0.25, 0.3) is 0 Å². The first kappa shape index (κ1) is 24.4. The summed E-state index contributed by atoms with van der Waals surface area (Å²) in [6.45, 7) is 0.465. The van der Waals surface area contributed by atoms with Crippen molar-refractivity contribution in [1.82, 2.24) is 0 Å². The van der Waals surface area contributed by atoms with Crippen LogP contribution in [0, 0.1) is 0 Å². The van der Waals surface area contributed by atoms with Crippen LogP contribution >= 0.6 is 11.6 Å². The van der Waals surface area contributed by atoms with Crippen molar-refractivity contribution in [2.75, 3.05) is 19.8 Å². The Hall–Kier alpha value is -1.75. The lowest BCUT2D eigenvalue weighted by Gasteiger charge is -2.40. The Balaban J connectivity index is 1.46. The van der Waals surface area contributed by atoms with Crippen molar-refractivity contribution in [3.05, 3.63) is 64.2 Å². The summed E-state index contributed by atoms with van der Waals surface area (Å²) in [5.74, 6) is 0.659. The summed E-state index contributed by atoms with van der Waals surface area (Å²) in [5, 5.41) is 51.2. The molecule has 0 radical (unpaired) electrons. The molecule has 9 heteroatoms. The first-order valence-corrected chi connectivity index (χ1v) is 11.4. The molecule has 2 aliphatic rings. The number of ether oxygens (including phenoxy) is 3. The lowest BCUT2D eigenvalue weighted by molar-refractivity contribution is -0.231. The summed E-state index contributed by atoms with van der Waals surface area (Å²) in [4.78, 5) is 0. The average molecular weight is 481 g/mol. The van der Waals surface area contributed by atoms with E-state index in [9.17, 15) is 25.5 Å². The molecule has 0 unspecified atom stereocenters. The third kappa shape index (κ3) is 5.67. The number of benzene rings is 2. The van der Waals surface area contributed by atoms with E-state index in [1.807, 2.05) is 0 Å². The summed E-state index contributed by atoms with van der Waals surface area (Å²) in [6.07, 6.45) is -4.85. The Morgan fingerprint density at radius 2 is 1.70 bits per heavy atom. The molecule has 1 aliphatic carbocycles. The standard InChI is InChI=1S/C24H29ClO8/c25-18-8-3-14(24-23(30)22(29)21(28)19(12-26)33-24)11-17(18)20(27)13-1-4-15(5-2-13)31-9-10-32-16-6-7-16/h1-5,8,11,16,19-24,26-30H,6-7,9-10,12H2/t19-,20+,21-,22+,23-,24+/m1/s1. The van der Waals surface area contributed by atoms with Crippen LogP contribution in [0.4, 0.5) is 0 Å². The average Bonchev–Trinajstić information content (AvgIpc) is 3.66. The molecule has 0 amide bonds. The molecule has 0 bridgehead atoms. The summed E-state index contributed by atoms with van der Waals surface area (Å²) in [7, 11) is 0. The van der Waals surface area contributed by atoms with Gasteiger partial charge >= 0.3 is 0 Å². The molecule has 4 rings (SSSR count). The van der Waals surface area contributed by atoms with E-state index in [2.05, 4.69) is 0 Å². The van der Waals surface area contributed by atoms with Crippen LogP contribution in [-0.2, 0) is 9.47 Å². The van der Waals surface area contributed by atoms with Gasteiger partial charge in [0.15, 0.2) is 0 Å². The van der Waals surface area contributed by atoms with Gasteiger partial charge in [-0.2, -0.15) is 0 Å². The minimum Gasteiger partial charge on any atom is -0.491 e. The summed E-state index contributed by atoms with van der Waals surface area (Å²) in [6, 6.07) is 11.7. The van der Waals surface area contributed by atoms with E-state index in [4.69, 9.17) is 25.8 Å². The van der Waals surface area contributed by atoms with Crippen molar-refractivity contribution in [1.29, 1.82) is 0 Å². The first-order valence-electron chi connectivity index (χ1n) is 11.0. The van der Waals surface area contributed by atoms with Crippen molar-refractivity contribution in [2.45, 2.75) is 55.6 Å². The number of aliphatic hydroxyl groups is 5. The second-order valence-electron chi connectivity index (χ2n) is 8.42. The Bertz CT molecular complexity index is 917. The van der Waals surface area contributed by atoms with Gasteiger partial charge in [0.1, 0.15) is 49.0 Å². The third-order valence-corrected chi connectivity index (χ3v) is 6.31. The molecule has 2 aromatic rings. The predicted octanol–water partition coefficient (Wildman–Crippen LogP) is 1.49. The smallest absolute Gasteiger partial charge is 0.119 e. The number of rotatable bonds is 9. The van der Waals surface area contributed by atoms with Crippen LogP contribution in [0.3, 0.4) is 0 Å². The van der Waals surface area contributed by atoms with Gasteiger partial charge in [-0.25, -0.2) is 0 Å². The minimum atomic E-state index is -1.49. The number of hydrogen-bond donors (Lipinski definition) is 5. The quantitative estimate of drug-likeness (QED) is 0.341. The van der Waals surface area contributed by atoms with Crippen LogP contribution in [0.15, 0.2) is 42.5 Å². The fourth-order valence-corrected chi connectivity index (χ4v) is 4.08. The van der Waals surface area contributed by atoms with Crippen molar-refractivity contribution in [2.24, 2.45) is 0 Å². The molecule has 180 valence electrons. The van der Waals surface area contributed by atoms with Gasteiger partial charge in [-0.15, -0.1) is 0 Å². The summed E-state index contributed by atoms with van der Waals surface area (Å²) >= 11 is 6.34. The van der Waals surface area contributed by atoms with Gasteiger partial charge in [0, 0.05) is 10.6 Å². The molecular weight excluding hydrogens is 452 g/mol. The van der Waals surface area contributed by atoms with E-state index in [0.717, 1.165) is 12.8 Å². The molecule has 6 atom stereocenters. The van der Waals surface area contributed by atoms with Gasteiger partial charge in [-0.1, -0.05) is 29.8 Å². The van der Waals surface area contributed by atoms with Crippen LogP contribution in [0.1, 0.15) is 41.7 Å². The van der Waals surface area contributed by atoms with Gasteiger partial charge < -0.3 is 39.7 Å². The molecule has 33 heavy (non-hydrogen) atoms. The molecule has 1 saturated heterocycles. The first-order chi connectivity index (χ1) is 15.9. The van der Waals surface area contributed by atoms with Gasteiger partial charge in [0.2, 0.25) is 0 Å². The maximum Gasteiger partial charge on any atom is 0.119 e. The van der Waals surface area contributed by atoms with Gasteiger partial charge in [-0.3, -0.25) is 0 Å². The molecule has 5 N–H and O–H groups in total. The van der Waals surface area contributed by atoms with Crippen LogP contribution in [0.25, 0.3) is 0 Å². The van der Waals surface area contributed by atoms with E-state index in [0.29, 0.717) is 46.8 Å². The summed E-state index contributed by atoms with van der Waals surface area (Å²) < 4.78 is 16.8. The molecule has 2 aromatic carbocycles. The molecule has 1 heterocycles. The van der Waals surface area contributed by atoms with Crippen molar-refractivity contribution >= 4 is 11.6 Å². The van der Waals surface area contributed by atoms with Crippen LogP contribution < -0.4 is 4.74 Å². The molecule has 1 saturated carbocycles. The highest BCUT2D eigenvalue weighted by Gasteiger charge is 2.44. The van der Waals surface area contributed by atoms with E-state index < -0.39 is 43.2 Å². The Kier molecular flexibility index (Phi) is 7.88. The van der Waals surface area contributed by atoms with Crippen LogP contribution in [0.5, 0.6) is 5.75 Å². The second kappa shape index (κ2) is 10.7. The van der Waals surface area contributed by atoms with Crippen molar-refractivity contribution < 1.29 is 39.7 Å². The Morgan fingerprint density at radius 1 is 0.970 bits per heavy atom. The SMILES string of the molecule is OC[C@H]1O[C@@H](c2ccc(Cl)c([C@@H](O)c3ccc(OCCOC4CC4)cc3)c2)[C@H](O)[C@@H](O)[C@@H]1O. The highest BCUT2D eigenvalue weighted by Crippen LogP contribution is 2.36. The largest absolute Gasteiger partial charge is 0.491 e. The van der Waals surface area contributed by atoms with Crippen molar-refractivity contribution in [3.8, 4) is 5.75 Å². The zero-order valence-corrected chi connectivity index (χ0v) is 18.7. The van der Waals surface area contributed by atoms with Crippen LogP contribution in [0.2, 0.25) is 5.02 Å². The normalized spacial score (nSPS) is 28.5. The number of halogens is 1. The third-order valence-electron chi connectivity index (χ3n) is 5.96. The predicted molar refractivity (Wildman–Crippen MR) is 119 cm³/mol. The minimum absolute atomic E-state index is 0.313. The van der Waals surface area contributed by atoms with E-state index in [-0.39, 0.29) is 0 Å². The second-order valence-corrected chi connectivity index (χ2v) is 8.83. The Labute approximate surface area is 196 Å². The van der Waals surface area contributed by atoms with E-state index >= 15 is 0 Å². The maximum atomic E-state index is 10.9. The lowest BCUT2D eigenvalue weighted by Crippen LogP contribution is -2.55. The monoisotopic (exact) mass is 480 g/mol. The van der Waals surface area contributed by atoms with Crippen LogP contribution in [-0.4, -0.2) is 75.9 Å². The van der Waals surface area contributed by atoms with Gasteiger partial charge in [-0.05, 0) is 48.2 Å². The Morgan fingerprint density at radius 3 is 2.36 bits per heavy atom. The maximum absolute atomic E-state index is 10.9. The molecule has 0 aromatic heterocycles. The highest BCUT2D eigenvalue weighted by molar-refractivity contribution is 6.31. The zero-order valence-electron chi connectivity index (χ0n) is 18.0. The zero-order chi connectivity index (χ0) is 23.5. The van der Waals surface area contributed by atoms with E-state index in [1.54, 1.807) is 42.5 Å². The van der Waals surface area contributed by atoms with E-state index in [1.165, 1.54) is 0 Å². The number of hydrogen-bond acceptors (Lipinski definition) is 8. The fraction of sp³-hybridized carbons (Fsp3) is 0.500. The van der Waals surface area contributed by atoms with Crippen molar-refractivity contribution in [3.63, 3.8) is 0 Å². The topological polar surface area (TPSA) is 129 Å². The molecule has 8 nitrogen and oxygen atoms in total. The molecular formula is C24H29ClO8. The lowest BCUT2D eigenvalue weighted by atomic mass is 9.89. The molecule has 2 fully saturated rings. The highest BCUT2D eigenvalue weighted by atomic mass is 35.5. The fourth-order valence-electron chi connectivity index (χ4n) is 3.86. The molecule has 0 spiro atoms. The summed E-state index contributed by atoms with van der Waals surface area (Å²) in [5.41, 5.74) is 1.42. The van der Waals surface area contributed by atoms with Gasteiger partial charge in [0.05, 0.1) is 19.3 Å².